The quantitative estimate of drug-likeness (QED) is 0.558. The summed E-state index contributed by atoms with van der Waals surface area (Å²) in [6, 6.07) is 12.9. The van der Waals surface area contributed by atoms with Crippen LogP contribution >= 0.6 is 11.3 Å². The standard InChI is InChI=1S/C24H27N5O2S/c30-22(20-7-4-14-32-20)28-19(15-17-5-2-1-3-6-17)23(31)29-12-9-24(10-13-29)21-18(8-11-27-24)25-16-26-21/h1-7,14,16,19,27H,8-13,15H2,(H,25,26)(H,28,30)/t19-/m1/s1. The zero-order chi connectivity index (χ0) is 22.0. The molecule has 0 bridgehead atoms. The van der Waals surface area contributed by atoms with Crippen LogP contribution in [-0.4, -0.2) is 52.4 Å². The maximum absolute atomic E-state index is 13.5. The predicted molar refractivity (Wildman–Crippen MR) is 124 cm³/mol. The van der Waals surface area contributed by atoms with Crippen LogP contribution in [0.2, 0.25) is 0 Å². The van der Waals surface area contributed by atoms with Crippen LogP contribution in [0.3, 0.4) is 0 Å². The molecule has 1 spiro atoms. The highest BCUT2D eigenvalue weighted by Crippen LogP contribution is 2.36. The maximum Gasteiger partial charge on any atom is 0.262 e. The third-order valence-corrected chi connectivity index (χ3v) is 7.44. The number of likely N-dealkylation sites (tertiary alicyclic amines) is 1. The van der Waals surface area contributed by atoms with E-state index in [9.17, 15) is 9.59 Å². The van der Waals surface area contributed by atoms with E-state index >= 15 is 0 Å². The number of benzene rings is 1. The van der Waals surface area contributed by atoms with Crippen LogP contribution in [0.4, 0.5) is 0 Å². The monoisotopic (exact) mass is 449 g/mol. The van der Waals surface area contributed by atoms with Gasteiger partial charge in [0.25, 0.3) is 5.91 Å². The van der Waals surface area contributed by atoms with Crippen LogP contribution in [0.1, 0.15) is 39.5 Å². The molecule has 0 unspecified atom stereocenters. The molecule has 2 amide bonds. The number of nitrogens with one attached hydrogen (secondary N) is 3. The van der Waals surface area contributed by atoms with Crippen LogP contribution in [-0.2, 0) is 23.2 Å². The molecule has 1 saturated heterocycles. The zero-order valence-corrected chi connectivity index (χ0v) is 18.7. The fraction of sp³-hybridized carbons (Fsp3) is 0.375. The van der Waals surface area contributed by atoms with Gasteiger partial charge in [-0.3, -0.25) is 9.59 Å². The number of hydrogen-bond donors (Lipinski definition) is 3. The second kappa shape index (κ2) is 8.88. The first kappa shape index (κ1) is 20.9. The van der Waals surface area contributed by atoms with Gasteiger partial charge in [-0.15, -0.1) is 11.3 Å². The van der Waals surface area contributed by atoms with Crippen molar-refractivity contribution in [3.05, 3.63) is 76.0 Å². The number of nitrogens with zero attached hydrogens (tertiary/aromatic N) is 2. The first-order valence-corrected chi connectivity index (χ1v) is 12.0. The number of hydrogen-bond acceptors (Lipinski definition) is 5. The van der Waals surface area contributed by atoms with Gasteiger partial charge in [-0.25, -0.2) is 4.98 Å². The molecule has 32 heavy (non-hydrogen) atoms. The molecule has 2 aromatic heterocycles. The van der Waals surface area contributed by atoms with Crippen LogP contribution < -0.4 is 10.6 Å². The Balaban J connectivity index is 1.31. The van der Waals surface area contributed by atoms with Crippen molar-refractivity contribution in [2.45, 2.75) is 37.3 Å². The van der Waals surface area contributed by atoms with Gasteiger partial charge in [-0.1, -0.05) is 36.4 Å². The number of rotatable bonds is 5. The van der Waals surface area contributed by atoms with Crippen molar-refractivity contribution in [1.82, 2.24) is 25.5 Å². The Labute approximate surface area is 191 Å². The molecule has 1 aromatic carbocycles. The summed E-state index contributed by atoms with van der Waals surface area (Å²) in [5.74, 6) is -0.218. The minimum absolute atomic E-state index is 0.0216. The van der Waals surface area contributed by atoms with Gasteiger partial charge in [0, 0.05) is 38.2 Å². The Morgan fingerprint density at radius 1 is 1.16 bits per heavy atom. The van der Waals surface area contributed by atoms with Gasteiger partial charge in [-0.2, -0.15) is 0 Å². The molecule has 4 heterocycles. The smallest absolute Gasteiger partial charge is 0.262 e. The average Bonchev–Trinajstić information content (AvgIpc) is 3.53. The van der Waals surface area contributed by atoms with Crippen LogP contribution in [0.15, 0.2) is 54.2 Å². The highest BCUT2D eigenvalue weighted by Gasteiger charge is 2.42. The number of carbonyl (C=O) groups is 2. The fourth-order valence-corrected chi connectivity index (χ4v) is 5.49. The number of fused-ring (bicyclic) bond motifs is 2. The van der Waals surface area contributed by atoms with Gasteiger partial charge in [0.2, 0.25) is 5.91 Å². The summed E-state index contributed by atoms with van der Waals surface area (Å²) in [5, 5.41) is 8.53. The Morgan fingerprint density at radius 2 is 1.97 bits per heavy atom. The lowest BCUT2D eigenvalue weighted by Crippen LogP contribution is -2.58. The summed E-state index contributed by atoms with van der Waals surface area (Å²) >= 11 is 1.38. The van der Waals surface area contributed by atoms with E-state index in [0.717, 1.165) is 37.1 Å². The van der Waals surface area contributed by atoms with Crippen molar-refractivity contribution in [3.63, 3.8) is 0 Å². The van der Waals surface area contributed by atoms with E-state index < -0.39 is 6.04 Å². The number of carbonyl (C=O) groups excluding carboxylic acids is 2. The largest absolute Gasteiger partial charge is 0.348 e. The number of aromatic nitrogens is 2. The lowest BCUT2D eigenvalue weighted by molar-refractivity contribution is -0.135. The molecule has 1 atom stereocenters. The van der Waals surface area contributed by atoms with Crippen molar-refractivity contribution >= 4 is 23.2 Å². The lowest BCUT2D eigenvalue weighted by atomic mass is 9.80. The van der Waals surface area contributed by atoms with Gasteiger partial charge < -0.3 is 20.5 Å². The summed E-state index contributed by atoms with van der Waals surface area (Å²) in [4.78, 5) is 36.7. The number of amides is 2. The van der Waals surface area contributed by atoms with Crippen molar-refractivity contribution in [2.75, 3.05) is 19.6 Å². The molecule has 2 aliphatic heterocycles. The van der Waals surface area contributed by atoms with E-state index in [-0.39, 0.29) is 17.4 Å². The molecular weight excluding hydrogens is 422 g/mol. The van der Waals surface area contributed by atoms with Crippen LogP contribution in [0, 0.1) is 0 Å². The Morgan fingerprint density at radius 3 is 2.72 bits per heavy atom. The third-order valence-electron chi connectivity index (χ3n) is 6.57. The maximum atomic E-state index is 13.5. The van der Waals surface area contributed by atoms with E-state index in [1.807, 2.05) is 46.7 Å². The molecule has 166 valence electrons. The van der Waals surface area contributed by atoms with Gasteiger partial charge in [0.15, 0.2) is 0 Å². The third kappa shape index (κ3) is 4.08. The van der Waals surface area contributed by atoms with Gasteiger partial charge in [0.05, 0.1) is 22.4 Å². The van der Waals surface area contributed by atoms with Crippen molar-refractivity contribution in [2.24, 2.45) is 0 Å². The van der Waals surface area contributed by atoms with Crippen LogP contribution in [0.5, 0.6) is 0 Å². The van der Waals surface area contributed by atoms with Crippen molar-refractivity contribution in [1.29, 1.82) is 0 Å². The van der Waals surface area contributed by atoms with E-state index in [4.69, 9.17) is 0 Å². The summed E-state index contributed by atoms with van der Waals surface area (Å²) in [6.45, 7) is 2.19. The van der Waals surface area contributed by atoms with Gasteiger partial charge >= 0.3 is 0 Å². The highest BCUT2D eigenvalue weighted by molar-refractivity contribution is 7.12. The summed E-state index contributed by atoms with van der Waals surface area (Å²) in [6.07, 6.45) is 4.82. The topological polar surface area (TPSA) is 90.1 Å². The Bertz CT molecular complexity index is 1070. The first-order valence-electron chi connectivity index (χ1n) is 11.1. The molecule has 2 aliphatic rings. The number of aromatic amines is 1. The molecular formula is C24H27N5O2S. The number of imidazole rings is 1. The lowest BCUT2D eigenvalue weighted by Gasteiger charge is -2.44. The summed E-state index contributed by atoms with van der Waals surface area (Å²) in [5.41, 5.74) is 3.16. The number of H-pyrrole nitrogens is 1. The first-order chi connectivity index (χ1) is 15.6. The molecule has 5 rings (SSSR count). The minimum atomic E-state index is -0.596. The fourth-order valence-electron chi connectivity index (χ4n) is 4.86. The predicted octanol–water partition coefficient (Wildman–Crippen LogP) is 2.48. The summed E-state index contributed by atoms with van der Waals surface area (Å²) < 4.78 is 0. The van der Waals surface area contributed by atoms with E-state index in [1.54, 1.807) is 12.4 Å². The second-order valence-electron chi connectivity index (χ2n) is 8.51. The molecule has 0 radical (unpaired) electrons. The minimum Gasteiger partial charge on any atom is -0.348 e. The molecule has 8 heteroatoms. The Hall–Kier alpha value is -2.97. The number of piperidine rings is 1. The second-order valence-corrected chi connectivity index (χ2v) is 9.45. The molecule has 7 nitrogen and oxygen atoms in total. The molecule has 1 fully saturated rings. The van der Waals surface area contributed by atoms with E-state index in [2.05, 4.69) is 20.6 Å². The van der Waals surface area contributed by atoms with E-state index in [1.165, 1.54) is 17.0 Å². The molecule has 3 aromatic rings. The zero-order valence-electron chi connectivity index (χ0n) is 17.8. The summed E-state index contributed by atoms with van der Waals surface area (Å²) in [7, 11) is 0. The molecule has 3 N–H and O–H groups in total. The van der Waals surface area contributed by atoms with E-state index in [0.29, 0.717) is 24.4 Å². The Kier molecular flexibility index (Phi) is 5.80. The van der Waals surface area contributed by atoms with Crippen LogP contribution in [0.25, 0.3) is 0 Å². The van der Waals surface area contributed by atoms with Gasteiger partial charge in [-0.05, 0) is 29.9 Å². The normalized spacial score (nSPS) is 18.2. The SMILES string of the molecule is O=C(N[C@H](Cc1ccccc1)C(=O)N1CCC2(CC1)NCCc1[nH]cnc12)c1cccs1. The van der Waals surface area contributed by atoms with Gasteiger partial charge in [0.1, 0.15) is 6.04 Å². The number of thiophene rings is 1. The van der Waals surface area contributed by atoms with Crippen molar-refractivity contribution in [3.8, 4) is 0 Å². The van der Waals surface area contributed by atoms with Crippen molar-refractivity contribution < 1.29 is 9.59 Å². The molecule has 0 saturated carbocycles. The molecule has 0 aliphatic carbocycles. The average molecular weight is 450 g/mol. The highest BCUT2D eigenvalue weighted by atomic mass is 32.1.